The fourth-order valence-corrected chi connectivity index (χ4v) is 3.61. The van der Waals surface area contributed by atoms with Gasteiger partial charge in [-0.1, -0.05) is 6.07 Å². The molecule has 4 nitrogen and oxygen atoms in total. The molecule has 2 atom stereocenters. The van der Waals surface area contributed by atoms with Gasteiger partial charge in [-0.2, -0.15) is 0 Å². The summed E-state index contributed by atoms with van der Waals surface area (Å²) < 4.78 is 33.6. The number of rotatable bonds is 4. The fraction of sp³-hybridized carbons (Fsp3) is 0.562. The molecule has 0 radical (unpaired) electrons. The van der Waals surface area contributed by atoms with Crippen LogP contribution in [0.25, 0.3) is 0 Å². The third kappa shape index (κ3) is 3.45. The van der Waals surface area contributed by atoms with Gasteiger partial charge >= 0.3 is 5.97 Å². The monoisotopic (exact) mass is 327 g/mol. The summed E-state index contributed by atoms with van der Waals surface area (Å²) in [5.41, 5.74) is 0.835. The molecule has 1 N–H and O–H groups in total. The molecule has 0 aliphatic heterocycles. The van der Waals surface area contributed by atoms with Gasteiger partial charge in [-0.3, -0.25) is 4.79 Å². The van der Waals surface area contributed by atoms with E-state index in [4.69, 9.17) is 4.74 Å². The second-order valence-corrected chi connectivity index (χ2v) is 8.59. The lowest BCUT2D eigenvalue weighted by atomic mass is 9.89. The zero-order valence-electron chi connectivity index (χ0n) is 13.4. The molecule has 0 unspecified atom stereocenters. The predicted molar refractivity (Wildman–Crippen MR) is 84.1 cm³/mol. The molecule has 22 heavy (non-hydrogen) atoms. The number of fused-ring (bicyclic) bond motifs is 1. The highest BCUT2D eigenvalue weighted by Crippen LogP contribution is 2.41. The lowest BCUT2D eigenvalue weighted by molar-refractivity contribution is -0.142. The molecule has 0 fully saturated rings. The van der Waals surface area contributed by atoms with E-state index in [1.165, 1.54) is 19.2 Å². The minimum absolute atomic E-state index is 0.0295. The Morgan fingerprint density at radius 2 is 2.18 bits per heavy atom. The summed E-state index contributed by atoms with van der Waals surface area (Å²) in [6, 6.07) is 4.57. The van der Waals surface area contributed by atoms with Crippen LogP contribution in [-0.2, 0) is 32.9 Å². The molecule has 0 spiro atoms. The molecule has 6 heteroatoms. The van der Waals surface area contributed by atoms with Crippen LogP contribution >= 0.6 is 0 Å². The first-order chi connectivity index (χ1) is 10.2. The maximum Gasteiger partial charge on any atom is 0.307 e. The first-order valence-corrected chi connectivity index (χ1v) is 8.38. The van der Waals surface area contributed by atoms with Crippen LogP contribution < -0.4 is 4.72 Å². The second kappa shape index (κ2) is 6.18. The molecule has 0 amide bonds. The van der Waals surface area contributed by atoms with Gasteiger partial charge in [0.2, 0.25) is 0 Å². The summed E-state index contributed by atoms with van der Waals surface area (Å²) in [5.74, 6) is -0.770. The fourth-order valence-electron chi connectivity index (χ4n) is 2.67. The van der Waals surface area contributed by atoms with E-state index in [0.717, 1.165) is 5.56 Å². The lowest BCUT2D eigenvalue weighted by Gasteiger charge is -2.34. The van der Waals surface area contributed by atoms with Gasteiger partial charge in [-0.05, 0) is 56.9 Å². The summed E-state index contributed by atoms with van der Waals surface area (Å²) in [5, 5.41) is 0. The first kappa shape index (κ1) is 17.2. The maximum atomic E-state index is 13.7. The molecule has 2 rings (SSSR count). The summed E-state index contributed by atoms with van der Waals surface area (Å²) in [6.07, 6.45) is 1.32. The molecule has 0 saturated heterocycles. The number of ether oxygens (including phenoxy) is 1. The van der Waals surface area contributed by atoms with Crippen molar-refractivity contribution in [1.29, 1.82) is 0 Å². The third-order valence-corrected chi connectivity index (χ3v) is 5.62. The number of esters is 1. The molecule has 122 valence electrons. The average Bonchev–Trinajstić information content (AvgIpc) is 2.76. The smallest absolute Gasteiger partial charge is 0.307 e. The van der Waals surface area contributed by atoms with Crippen molar-refractivity contribution >= 4 is 17.3 Å². The minimum atomic E-state index is -1.38. The van der Waals surface area contributed by atoms with Crippen LogP contribution in [0.4, 0.5) is 4.39 Å². The van der Waals surface area contributed by atoms with Gasteiger partial charge in [0.05, 0.1) is 19.1 Å². The van der Waals surface area contributed by atoms with Crippen molar-refractivity contribution in [1.82, 2.24) is 4.72 Å². The van der Waals surface area contributed by atoms with Gasteiger partial charge in [0.1, 0.15) is 10.6 Å². The summed E-state index contributed by atoms with van der Waals surface area (Å²) >= 11 is -1.38. The Bertz CT molecular complexity index is 573. The zero-order chi connectivity index (χ0) is 16.5. The van der Waals surface area contributed by atoms with Crippen molar-refractivity contribution < 1.29 is 18.5 Å². The van der Waals surface area contributed by atoms with Crippen molar-refractivity contribution in [2.45, 2.75) is 50.3 Å². The van der Waals surface area contributed by atoms with Crippen molar-refractivity contribution in [3.05, 3.63) is 35.1 Å². The normalized spacial score (nSPS) is 22.3. The molecule has 1 aliphatic carbocycles. The van der Waals surface area contributed by atoms with E-state index in [2.05, 4.69) is 4.72 Å². The summed E-state index contributed by atoms with van der Waals surface area (Å²) in [4.78, 5) is 11.8. The molecular weight excluding hydrogens is 305 g/mol. The Kier molecular flexibility index (Phi) is 4.84. The van der Waals surface area contributed by atoms with Crippen molar-refractivity contribution in [3.63, 3.8) is 0 Å². The number of carbonyl (C=O) groups excluding carboxylic acids is 1. The van der Waals surface area contributed by atoms with Crippen molar-refractivity contribution in [2.24, 2.45) is 0 Å². The number of nitrogens with one attached hydrogen (secondary N) is 1. The predicted octanol–water partition coefficient (Wildman–Crippen LogP) is 2.58. The Labute approximate surface area is 133 Å². The molecule has 0 bridgehead atoms. The average molecular weight is 327 g/mol. The highest BCUT2D eigenvalue weighted by Gasteiger charge is 2.46. The van der Waals surface area contributed by atoms with Gasteiger partial charge in [0.25, 0.3) is 0 Å². The van der Waals surface area contributed by atoms with Gasteiger partial charge < -0.3 is 9.29 Å². The van der Waals surface area contributed by atoms with Crippen LogP contribution in [0.15, 0.2) is 18.2 Å². The Morgan fingerprint density at radius 3 is 2.77 bits per heavy atom. The van der Waals surface area contributed by atoms with E-state index in [1.807, 2.05) is 20.8 Å². The van der Waals surface area contributed by atoms with Gasteiger partial charge in [0.15, 0.2) is 0 Å². The van der Waals surface area contributed by atoms with E-state index < -0.39 is 27.6 Å². The number of carbonyl (C=O) groups is 1. The molecule has 1 aliphatic rings. The van der Waals surface area contributed by atoms with E-state index in [0.29, 0.717) is 18.4 Å². The topological polar surface area (TPSA) is 61.4 Å². The largest absolute Gasteiger partial charge is 0.598 e. The molecule has 0 saturated carbocycles. The third-order valence-electron chi connectivity index (χ3n) is 3.93. The zero-order valence-corrected chi connectivity index (χ0v) is 14.2. The number of halogens is 1. The Balaban J connectivity index is 2.41. The molecule has 1 aromatic rings. The van der Waals surface area contributed by atoms with Gasteiger partial charge in [-0.15, -0.1) is 4.72 Å². The SMILES string of the molecule is COC(=O)C[C@]1(N[S@@+]([O-])C(C)(C)C)CCc2ccc(F)cc21. The molecule has 0 aromatic heterocycles. The molecule has 1 aromatic carbocycles. The highest BCUT2D eigenvalue weighted by molar-refractivity contribution is 7.90. The number of benzene rings is 1. The van der Waals surface area contributed by atoms with Crippen molar-refractivity contribution in [3.8, 4) is 0 Å². The van der Waals surface area contributed by atoms with Gasteiger partial charge in [-0.25, -0.2) is 4.39 Å². The summed E-state index contributed by atoms with van der Waals surface area (Å²) in [7, 11) is 1.32. The molecular formula is C16H22FNO3S. The standard InChI is InChI=1S/C16H22FNO3S/c1-15(2,3)22(20)18-16(10-14(19)21-4)8-7-11-5-6-12(17)9-13(11)16/h5-6,9,18H,7-8,10H2,1-4H3/t16-,22+/m1/s1. The first-order valence-electron chi connectivity index (χ1n) is 7.23. The number of aryl methyl sites for hydroxylation is 1. The van der Waals surface area contributed by atoms with E-state index in [1.54, 1.807) is 6.07 Å². The molecule has 0 heterocycles. The summed E-state index contributed by atoms with van der Waals surface area (Å²) in [6.45, 7) is 5.55. The maximum absolute atomic E-state index is 13.7. The Morgan fingerprint density at radius 1 is 1.50 bits per heavy atom. The van der Waals surface area contributed by atoms with E-state index in [9.17, 15) is 13.7 Å². The van der Waals surface area contributed by atoms with E-state index >= 15 is 0 Å². The quantitative estimate of drug-likeness (QED) is 0.682. The number of methoxy groups -OCH3 is 1. The van der Waals surface area contributed by atoms with Crippen LogP contribution in [-0.4, -0.2) is 22.4 Å². The van der Waals surface area contributed by atoms with Crippen LogP contribution in [0.2, 0.25) is 0 Å². The van der Waals surface area contributed by atoms with E-state index in [-0.39, 0.29) is 12.2 Å². The van der Waals surface area contributed by atoms with Crippen LogP contribution in [0.5, 0.6) is 0 Å². The van der Waals surface area contributed by atoms with Gasteiger partial charge in [0, 0.05) is 11.4 Å². The second-order valence-electron chi connectivity index (χ2n) is 6.62. The van der Waals surface area contributed by atoms with Crippen LogP contribution in [0.1, 0.15) is 44.7 Å². The van der Waals surface area contributed by atoms with Crippen LogP contribution in [0.3, 0.4) is 0 Å². The number of hydrogen-bond donors (Lipinski definition) is 1. The minimum Gasteiger partial charge on any atom is -0.598 e. The number of hydrogen-bond acceptors (Lipinski definition) is 4. The van der Waals surface area contributed by atoms with Crippen molar-refractivity contribution in [2.75, 3.05) is 7.11 Å². The Hall–Kier alpha value is -1.11. The highest BCUT2D eigenvalue weighted by atomic mass is 32.2. The van der Waals surface area contributed by atoms with Crippen LogP contribution in [0, 0.1) is 5.82 Å². The lowest BCUT2D eigenvalue weighted by Crippen LogP contribution is -2.51.